The number of carbonyl (C=O) groups excluding carboxylic acids is 1. The van der Waals surface area contributed by atoms with Gasteiger partial charge in [-0.3, -0.25) is 0 Å². The normalized spacial score (nSPS) is 10.5. The van der Waals surface area contributed by atoms with Crippen molar-refractivity contribution in [1.29, 1.82) is 0 Å². The first kappa shape index (κ1) is 11.3. The van der Waals surface area contributed by atoms with Gasteiger partial charge in [0.25, 0.3) is 0 Å². The molecule has 0 aliphatic rings. The van der Waals surface area contributed by atoms with Gasteiger partial charge in [0, 0.05) is 10.5 Å². The fourth-order valence-corrected chi connectivity index (χ4v) is 1.45. The van der Waals surface area contributed by atoms with Gasteiger partial charge in [0.05, 0.1) is 12.1 Å². The van der Waals surface area contributed by atoms with Crippen molar-refractivity contribution in [1.82, 2.24) is 0 Å². The first-order valence-electron chi connectivity index (χ1n) is 3.85. The topological polar surface area (TPSA) is 26.3 Å². The highest BCUT2D eigenvalue weighted by atomic mass is 79.9. The zero-order valence-electron chi connectivity index (χ0n) is 7.46. The Hall–Kier alpha value is -0.800. The van der Waals surface area contributed by atoms with E-state index in [0.717, 1.165) is 10.0 Å². The number of ether oxygens (including phenoxy) is 1. The predicted molar refractivity (Wildman–Crippen MR) is 60.2 cm³/mol. The van der Waals surface area contributed by atoms with Crippen molar-refractivity contribution in [2.45, 2.75) is 0 Å². The van der Waals surface area contributed by atoms with Crippen LogP contribution >= 0.6 is 27.5 Å². The molecule has 0 aromatic heterocycles. The Morgan fingerprint density at radius 2 is 2.29 bits per heavy atom. The summed E-state index contributed by atoms with van der Waals surface area (Å²) in [6.45, 7) is 0. The van der Waals surface area contributed by atoms with Gasteiger partial charge in [-0.1, -0.05) is 23.7 Å². The van der Waals surface area contributed by atoms with Gasteiger partial charge < -0.3 is 4.74 Å². The summed E-state index contributed by atoms with van der Waals surface area (Å²) in [4.78, 5) is 10.8. The molecule has 2 nitrogen and oxygen atoms in total. The Balaban J connectivity index is 2.92. The maximum absolute atomic E-state index is 10.8. The van der Waals surface area contributed by atoms with Crippen LogP contribution in [0.2, 0.25) is 5.02 Å². The highest BCUT2D eigenvalue weighted by Crippen LogP contribution is 2.26. The number of rotatable bonds is 2. The van der Waals surface area contributed by atoms with Crippen molar-refractivity contribution in [2.24, 2.45) is 0 Å². The van der Waals surface area contributed by atoms with Crippen LogP contribution in [-0.4, -0.2) is 13.1 Å². The molecule has 0 unspecified atom stereocenters. The van der Waals surface area contributed by atoms with E-state index in [0.29, 0.717) is 5.02 Å². The van der Waals surface area contributed by atoms with Crippen LogP contribution in [0.5, 0.6) is 0 Å². The van der Waals surface area contributed by atoms with Crippen LogP contribution in [0.1, 0.15) is 5.56 Å². The smallest absolute Gasteiger partial charge is 0.330 e. The Bertz CT molecular complexity index is 374. The van der Waals surface area contributed by atoms with Gasteiger partial charge in [-0.15, -0.1) is 0 Å². The molecule has 0 N–H and O–H groups in total. The maximum atomic E-state index is 10.8. The third-order valence-corrected chi connectivity index (χ3v) is 3.01. The number of methoxy groups -OCH3 is 1. The molecule has 14 heavy (non-hydrogen) atoms. The van der Waals surface area contributed by atoms with Crippen LogP contribution in [0.4, 0.5) is 0 Å². The zero-order valence-corrected chi connectivity index (χ0v) is 9.80. The molecule has 0 bridgehead atoms. The summed E-state index contributed by atoms with van der Waals surface area (Å²) in [6.07, 6.45) is 2.98. The summed E-state index contributed by atoms with van der Waals surface area (Å²) >= 11 is 9.18. The summed E-state index contributed by atoms with van der Waals surface area (Å²) in [5.41, 5.74) is 0.836. The quantitative estimate of drug-likeness (QED) is 0.611. The molecular formula is C10H8BrClO2. The minimum Gasteiger partial charge on any atom is -0.466 e. The van der Waals surface area contributed by atoms with Gasteiger partial charge >= 0.3 is 5.97 Å². The SMILES string of the molecule is COC(=O)/C=C/c1cccc(Cl)c1Br. The van der Waals surface area contributed by atoms with E-state index in [1.807, 2.05) is 12.1 Å². The van der Waals surface area contributed by atoms with E-state index < -0.39 is 5.97 Å². The first-order valence-corrected chi connectivity index (χ1v) is 5.02. The van der Waals surface area contributed by atoms with Crippen molar-refractivity contribution in [3.8, 4) is 0 Å². The standard InChI is InChI=1S/C10H8BrClO2/c1-14-9(13)6-5-7-3-2-4-8(12)10(7)11/h2-6H,1H3/b6-5+. The average Bonchev–Trinajstić information content (AvgIpc) is 2.20. The lowest BCUT2D eigenvalue weighted by Crippen LogP contribution is -1.93. The number of hydrogen-bond donors (Lipinski definition) is 0. The molecule has 0 saturated heterocycles. The zero-order chi connectivity index (χ0) is 10.6. The molecule has 4 heteroatoms. The van der Waals surface area contributed by atoms with Gasteiger partial charge in [-0.25, -0.2) is 4.79 Å². The van der Waals surface area contributed by atoms with Crippen LogP contribution in [0.25, 0.3) is 6.08 Å². The van der Waals surface area contributed by atoms with Crippen LogP contribution in [0.15, 0.2) is 28.7 Å². The number of esters is 1. The monoisotopic (exact) mass is 274 g/mol. The van der Waals surface area contributed by atoms with Gasteiger partial charge in [0.2, 0.25) is 0 Å². The van der Waals surface area contributed by atoms with Crippen LogP contribution in [0.3, 0.4) is 0 Å². The molecule has 0 amide bonds. The number of halogens is 2. The second kappa shape index (κ2) is 5.17. The van der Waals surface area contributed by atoms with Crippen LogP contribution in [0, 0.1) is 0 Å². The van der Waals surface area contributed by atoms with Crippen molar-refractivity contribution in [3.63, 3.8) is 0 Å². The second-order valence-corrected chi connectivity index (χ2v) is 3.70. The van der Waals surface area contributed by atoms with Crippen molar-refractivity contribution < 1.29 is 9.53 Å². The Kier molecular flexibility index (Phi) is 4.17. The van der Waals surface area contributed by atoms with Crippen molar-refractivity contribution in [2.75, 3.05) is 7.11 Å². The Morgan fingerprint density at radius 3 is 2.93 bits per heavy atom. The summed E-state index contributed by atoms with van der Waals surface area (Å²) < 4.78 is 5.23. The fraction of sp³-hybridized carbons (Fsp3) is 0.100. The molecule has 0 spiro atoms. The summed E-state index contributed by atoms with van der Waals surface area (Å²) in [6, 6.07) is 5.42. The lowest BCUT2D eigenvalue weighted by atomic mass is 10.2. The summed E-state index contributed by atoms with van der Waals surface area (Å²) in [7, 11) is 1.33. The third kappa shape index (κ3) is 2.86. The van der Waals surface area contributed by atoms with Crippen molar-refractivity contribution >= 4 is 39.6 Å². The molecule has 0 aliphatic carbocycles. The highest BCUT2D eigenvalue weighted by molar-refractivity contribution is 9.10. The van der Waals surface area contributed by atoms with Crippen LogP contribution in [-0.2, 0) is 9.53 Å². The lowest BCUT2D eigenvalue weighted by Gasteiger charge is -1.99. The third-order valence-electron chi connectivity index (χ3n) is 1.58. The maximum Gasteiger partial charge on any atom is 0.330 e. The van der Waals surface area contributed by atoms with Crippen molar-refractivity contribution in [3.05, 3.63) is 39.3 Å². The highest BCUT2D eigenvalue weighted by Gasteiger charge is 2.00. The molecule has 0 aliphatic heterocycles. The lowest BCUT2D eigenvalue weighted by molar-refractivity contribution is -0.134. The molecular weight excluding hydrogens is 267 g/mol. The van der Waals surface area contributed by atoms with Crippen LogP contribution < -0.4 is 0 Å². The molecule has 0 saturated carbocycles. The van der Waals surface area contributed by atoms with E-state index in [4.69, 9.17) is 11.6 Å². The number of carbonyl (C=O) groups is 1. The Labute approximate surface area is 95.6 Å². The van der Waals surface area contributed by atoms with Gasteiger partial charge in [-0.05, 0) is 33.6 Å². The van der Waals surface area contributed by atoms with Gasteiger partial charge in [0.1, 0.15) is 0 Å². The average molecular weight is 276 g/mol. The molecule has 74 valence electrons. The summed E-state index contributed by atoms with van der Waals surface area (Å²) in [5, 5.41) is 0.608. The van der Waals surface area contributed by atoms with E-state index in [9.17, 15) is 4.79 Å². The van der Waals surface area contributed by atoms with E-state index in [1.165, 1.54) is 13.2 Å². The van der Waals surface area contributed by atoms with E-state index in [-0.39, 0.29) is 0 Å². The molecule has 1 aromatic carbocycles. The minimum atomic E-state index is -0.392. The molecule has 1 rings (SSSR count). The summed E-state index contributed by atoms with van der Waals surface area (Å²) in [5.74, 6) is -0.392. The minimum absolute atomic E-state index is 0.392. The molecule has 0 fully saturated rings. The first-order chi connectivity index (χ1) is 6.65. The Morgan fingerprint density at radius 1 is 1.57 bits per heavy atom. The molecule has 0 heterocycles. The molecule has 1 aromatic rings. The van der Waals surface area contributed by atoms with E-state index in [1.54, 1.807) is 12.1 Å². The largest absolute Gasteiger partial charge is 0.466 e. The van der Waals surface area contributed by atoms with E-state index >= 15 is 0 Å². The van der Waals surface area contributed by atoms with Gasteiger partial charge in [0.15, 0.2) is 0 Å². The number of benzene rings is 1. The van der Waals surface area contributed by atoms with Gasteiger partial charge in [-0.2, -0.15) is 0 Å². The predicted octanol–water partition coefficient (Wildman–Crippen LogP) is 3.29. The van der Waals surface area contributed by atoms with E-state index in [2.05, 4.69) is 20.7 Å². The number of hydrogen-bond acceptors (Lipinski definition) is 2. The molecule has 0 radical (unpaired) electrons. The molecule has 0 atom stereocenters. The second-order valence-electron chi connectivity index (χ2n) is 2.50. The fourth-order valence-electron chi connectivity index (χ4n) is 0.875.